The monoisotopic (exact) mass is 438 g/mol. The van der Waals surface area contributed by atoms with Crippen LogP contribution in [0.25, 0.3) is 11.1 Å². The molecule has 31 heavy (non-hydrogen) atoms. The number of carbonyl (C=O) groups is 1. The molecule has 0 saturated carbocycles. The molecule has 0 fully saturated rings. The van der Waals surface area contributed by atoms with Gasteiger partial charge in [-0.15, -0.1) is 0 Å². The van der Waals surface area contributed by atoms with Gasteiger partial charge in [0, 0.05) is 19.7 Å². The number of hydrogen-bond acceptors (Lipinski definition) is 4. The van der Waals surface area contributed by atoms with Crippen LogP contribution < -0.4 is 5.32 Å². The summed E-state index contributed by atoms with van der Waals surface area (Å²) < 4.78 is 25.4. The lowest BCUT2D eigenvalue weighted by Gasteiger charge is -2.24. The molecule has 0 bridgehead atoms. The Balaban J connectivity index is 1.66. The van der Waals surface area contributed by atoms with E-state index in [4.69, 9.17) is 0 Å². The number of nitrogens with zero attached hydrogens (tertiary/aromatic N) is 1. The lowest BCUT2D eigenvalue weighted by atomic mass is 9.93. The standard InChI is InChI=1S/C24H26N2O4S/c1-24(28,21-13-9-19(10-14-21)18-7-5-4-6-8-18)17-25-23(27)20-11-15-22(16-12-20)31(29,30)26(2)3/h4-16,28H,17H2,1-3H3,(H,25,27). The summed E-state index contributed by atoms with van der Waals surface area (Å²) >= 11 is 0. The van der Waals surface area contributed by atoms with Crippen LogP contribution in [0.3, 0.4) is 0 Å². The Morgan fingerprint density at radius 2 is 1.45 bits per heavy atom. The predicted molar refractivity (Wildman–Crippen MR) is 121 cm³/mol. The zero-order valence-electron chi connectivity index (χ0n) is 17.7. The number of amides is 1. The zero-order valence-corrected chi connectivity index (χ0v) is 18.6. The van der Waals surface area contributed by atoms with E-state index in [-0.39, 0.29) is 11.4 Å². The van der Waals surface area contributed by atoms with Crippen LogP contribution in [-0.4, -0.2) is 44.4 Å². The highest BCUT2D eigenvalue weighted by Crippen LogP contribution is 2.25. The molecule has 6 nitrogen and oxygen atoms in total. The van der Waals surface area contributed by atoms with Crippen molar-refractivity contribution in [1.82, 2.24) is 9.62 Å². The van der Waals surface area contributed by atoms with Crippen LogP contribution in [0.5, 0.6) is 0 Å². The maximum absolute atomic E-state index is 12.5. The van der Waals surface area contributed by atoms with Gasteiger partial charge in [0.25, 0.3) is 5.91 Å². The van der Waals surface area contributed by atoms with Crippen molar-refractivity contribution in [2.75, 3.05) is 20.6 Å². The number of benzene rings is 3. The Hall–Kier alpha value is -3.00. The van der Waals surface area contributed by atoms with E-state index < -0.39 is 21.5 Å². The maximum Gasteiger partial charge on any atom is 0.251 e. The van der Waals surface area contributed by atoms with Crippen molar-refractivity contribution < 1.29 is 18.3 Å². The van der Waals surface area contributed by atoms with Gasteiger partial charge < -0.3 is 10.4 Å². The molecule has 1 unspecified atom stereocenters. The SMILES string of the molecule is CN(C)S(=O)(=O)c1ccc(C(=O)NCC(C)(O)c2ccc(-c3ccccc3)cc2)cc1. The molecule has 3 aromatic rings. The zero-order chi connectivity index (χ0) is 22.6. The minimum absolute atomic E-state index is 0.00820. The van der Waals surface area contributed by atoms with Crippen LogP contribution in [0.4, 0.5) is 0 Å². The fourth-order valence-corrected chi connectivity index (χ4v) is 4.00. The van der Waals surface area contributed by atoms with Gasteiger partial charge in [0.1, 0.15) is 5.60 Å². The highest BCUT2D eigenvalue weighted by atomic mass is 32.2. The number of nitrogens with one attached hydrogen (secondary N) is 1. The molecule has 1 atom stereocenters. The van der Waals surface area contributed by atoms with Crippen molar-refractivity contribution in [1.29, 1.82) is 0 Å². The first kappa shape index (κ1) is 22.7. The fourth-order valence-electron chi connectivity index (χ4n) is 3.10. The summed E-state index contributed by atoms with van der Waals surface area (Å²) in [5.74, 6) is -0.394. The third kappa shape index (κ3) is 5.19. The van der Waals surface area contributed by atoms with Crippen molar-refractivity contribution in [3.63, 3.8) is 0 Å². The molecule has 3 aromatic carbocycles. The fraction of sp³-hybridized carbons (Fsp3) is 0.208. The number of hydrogen-bond donors (Lipinski definition) is 2. The van der Waals surface area contributed by atoms with Gasteiger partial charge in [-0.05, 0) is 47.9 Å². The lowest BCUT2D eigenvalue weighted by Crippen LogP contribution is -2.38. The number of sulfonamides is 1. The lowest BCUT2D eigenvalue weighted by molar-refractivity contribution is 0.0526. The molecule has 0 heterocycles. The Kier molecular flexibility index (Phi) is 6.59. The van der Waals surface area contributed by atoms with Crippen LogP contribution >= 0.6 is 0 Å². The van der Waals surface area contributed by atoms with Crippen LogP contribution in [0, 0.1) is 0 Å². The Morgan fingerprint density at radius 1 is 0.903 bits per heavy atom. The molecule has 0 aromatic heterocycles. The summed E-state index contributed by atoms with van der Waals surface area (Å²) in [6.45, 7) is 1.64. The first-order valence-corrected chi connectivity index (χ1v) is 11.2. The van der Waals surface area contributed by atoms with E-state index in [0.717, 1.165) is 15.4 Å². The molecule has 0 saturated heterocycles. The highest BCUT2D eigenvalue weighted by Gasteiger charge is 2.24. The van der Waals surface area contributed by atoms with Crippen LogP contribution in [0.15, 0.2) is 83.8 Å². The molecular formula is C24H26N2O4S. The molecule has 0 spiro atoms. The first-order chi connectivity index (χ1) is 14.6. The van der Waals surface area contributed by atoms with Gasteiger partial charge in [-0.2, -0.15) is 0 Å². The van der Waals surface area contributed by atoms with E-state index in [1.807, 2.05) is 54.6 Å². The maximum atomic E-state index is 12.5. The quantitative estimate of drug-likeness (QED) is 0.593. The summed E-state index contributed by atoms with van der Waals surface area (Å²) in [4.78, 5) is 12.6. The minimum atomic E-state index is -3.55. The van der Waals surface area contributed by atoms with E-state index in [2.05, 4.69) is 5.32 Å². The van der Waals surface area contributed by atoms with Crippen molar-refractivity contribution in [3.05, 3.63) is 90.0 Å². The number of carbonyl (C=O) groups excluding carboxylic acids is 1. The summed E-state index contributed by atoms with van der Waals surface area (Å²) in [6.07, 6.45) is 0. The third-order valence-electron chi connectivity index (χ3n) is 5.10. The molecule has 2 N–H and O–H groups in total. The van der Waals surface area contributed by atoms with Crippen molar-refractivity contribution in [2.24, 2.45) is 0 Å². The molecule has 7 heteroatoms. The normalized spacial score (nSPS) is 13.6. The summed E-state index contributed by atoms with van der Waals surface area (Å²) in [6, 6.07) is 23.2. The number of aliphatic hydroxyl groups is 1. The second-order valence-electron chi connectivity index (χ2n) is 7.71. The molecule has 0 radical (unpaired) electrons. The van der Waals surface area contributed by atoms with Gasteiger partial charge >= 0.3 is 0 Å². The summed E-state index contributed by atoms with van der Waals surface area (Å²) in [7, 11) is -0.655. The van der Waals surface area contributed by atoms with E-state index >= 15 is 0 Å². The molecule has 1 amide bonds. The Morgan fingerprint density at radius 3 is 2.00 bits per heavy atom. The second kappa shape index (κ2) is 9.01. The van der Waals surface area contributed by atoms with E-state index in [1.54, 1.807) is 6.92 Å². The topological polar surface area (TPSA) is 86.7 Å². The third-order valence-corrected chi connectivity index (χ3v) is 6.93. The summed E-state index contributed by atoms with van der Waals surface area (Å²) in [5.41, 5.74) is 1.85. The van der Waals surface area contributed by atoms with Gasteiger partial charge in [0.2, 0.25) is 10.0 Å². The molecular weight excluding hydrogens is 412 g/mol. The molecule has 0 aliphatic rings. The van der Waals surface area contributed by atoms with Crippen molar-refractivity contribution >= 4 is 15.9 Å². The molecule has 0 aliphatic heterocycles. The van der Waals surface area contributed by atoms with Crippen LogP contribution in [0.2, 0.25) is 0 Å². The van der Waals surface area contributed by atoms with Crippen LogP contribution in [0.1, 0.15) is 22.8 Å². The van der Waals surface area contributed by atoms with Crippen molar-refractivity contribution in [3.8, 4) is 11.1 Å². The molecule has 0 aliphatic carbocycles. The molecule has 3 rings (SSSR count). The van der Waals surface area contributed by atoms with E-state index in [0.29, 0.717) is 11.1 Å². The average molecular weight is 439 g/mol. The van der Waals surface area contributed by atoms with E-state index in [1.165, 1.54) is 38.4 Å². The second-order valence-corrected chi connectivity index (χ2v) is 9.86. The molecule has 162 valence electrons. The minimum Gasteiger partial charge on any atom is -0.384 e. The van der Waals surface area contributed by atoms with Crippen molar-refractivity contribution in [2.45, 2.75) is 17.4 Å². The number of rotatable bonds is 7. The van der Waals surface area contributed by atoms with Gasteiger partial charge in [-0.3, -0.25) is 4.79 Å². The van der Waals surface area contributed by atoms with E-state index in [9.17, 15) is 18.3 Å². The van der Waals surface area contributed by atoms with Crippen LogP contribution in [-0.2, 0) is 15.6 Å². The first-order valence-electron chi connectivity index (χ1n) is 9.80. The Bertz CT molecular complexity index is 1140. The van der Waals surface area contributed by atoms with Gasteiger partial charge in [-0.25, -0.2) is 12.7 Å². The van der Waals surface area contributed by atoms with Gasteiger partial charge in [0.15, 0.2) is 0 Å². The largest absolute Gasteiger partial charge is 0.384 e. The predicted octanol–water partition coefficient (Wildman–Crippen LogP) is 3.24. The smallest absolute Gasteiger partial charge is 0.251 e. The average Bonchev–Trinajstić information content (AvgIpc) is 2.78. The highest BCUT2D eigenvalue weighted by molar-refractivity contribution is 7.89. The summed E-state index contributed by atoms with van der Waals surface area (Å²) in [5, 5.41) is 13.6. The van der Waals surface area contributed by atoms with Gasteiger partial charge in [0.05, 0.1) is 11.4 Å². The van der Waals surface area contributed by atoms with Gasteiger partial charge in [-0.1, -0.05) is 54.6 Å². The Labute approximate surface area is 183 Å².